The van der Waals surface area contributed by atoms with Gasteiger partial charge in [-0.2, -0.15) is 0 Å². The van der Waals surface area contributed by atoms with Gasteiger partial charge in [0, 0.05) is 37.5 Å². The van der Waals surface area contributed by atoms with Crippen LogP contribution in [0.15, 0.2) is 72.8 Å². The first-order valence-corrected chi connectivity index (χ1v) is 16.8. The molecule has 0 saturated carbocycles. The zero-order chi connectivity index (χ0) is 31.4. The van der Waals surface area contributed by atoms with Crippen molar-refractivity contribution >= 4 is 50.7 Å². The molecule has 0 bridgehead atoms. The van der Waals surface area contributed by atoms with Crippen molar-refractivity contribution in [1.82, 2.24) is 10.2 Å². The lowest BCUT2D eigenvalue weighted by Crippen LogP contribution is -2.50. The molecule has 1 N–H and O–H groups in total. The molecule has 0 radical (unpaired) electrons. The number of hydrogen-bond acceptors (Lipinski definition) is 5. The highest BCUT2D eigenvalue weighted by atomic mass is 35.5. The number of ether oxygens (including phenoxy) is 1. The fraction of sp³-hybridized carbons (Fsp3) is 0.375. The Kier molecular flexibility index (Phi) is 13.2. The second-order valence-corrected chi connectivity index (χ2v) is 13.0. The summed E-state index contributed by atoms with van der Waals surface area (Å²) in [5.74, 6) is 0.121. The minimum absolute atomic E-state index is 0.00169. The van der Waals surface area contributed by atoms with Crippen LogP contribution in [-0.2, 0) is 32.6 Å². The van der Waals surface area contributed by atoms with Crippen molar-refractivity contribution in [2.24, 2.45) is 0 Å². The third kappa shape index (κ3) is 10.4. The molecule has 1 atom stereocenters. The van der Waals surface area contributed by atoms with E-state index in [4.69, 9.17) is 27.9 Å². The molecule has 11 heteroatoms. The third-order valence-corrected chi connectivity index (χ3v) is 8.65. The van der Waals surface area contributed by atoms with E-state index in [0.29, 0.717) is 23.7 Å². The molecular weight excluding hydrogens is 609 g/mol. The minimum Gasteiger partial charge on any atom is -0.497 e. The Bertz CT molecular complexity index is 1470. The molecule has 0 saturated heterocycles. The molecule has 43 heavy (non-hydrogen) atoms. The summed E-state index contributed by atoms with van der Waals surface area (Å²) in [5, 5.41) is 3.57. The SMILES string of the molecule is CCCCNC(=O)C(Cc1ccccc1)N(Cc1cccc(OC)c1)C(=O)CCCN(c1cc(Cl)ccc1Cl)S(C)(=O)=O. The molecule has 0 heterocycles. The Morgan fingerprint density at radius 3 is 2.35 bits per heavy atom. The van der Waals surface area contributed by atoms with Gasteiger partial charge in [0.15, 0.2) is 0 Å². The van der Waals surface area contributed by atoms with E-state index in [0.717, 1.165) is 34.5 Å². The Morgan fingerprint density at radius 2 is 1.67 bits per heavy atom. The van der Waals surface area contributed by atoms with Gasteiger partial charge in [0.05, 0.1) is 24.1 Å². The molecule has 2 amide bonds. The van der Waals surface area contributed by atoms with Gasteiger partial charge in [0.1, 0.15) is 11.8 Å². The zero-order valence-corrected chi connectivity index (χ0v) is 27.1. The Morgan fingerprint density at radius 1 is 0.953 bits per heavy atom. The number of nitrogens with zero attached hydrogens (tertiary/aromatic N) is 2. The van der Waals surface area contributed by atoms with Crippen LogP contribution in [0.2, 0.25) is 10.0 Å². The fourth-order valence-electron chi connectivity index (χ4n) is 4.69. The van der Waals surface area contributed by atoms with Crippen LogP contribution in [0.3, 0.4) is 0 Å². The number of anilines is 1. The van der Waals surface area contributed by atoms with Crippen LogP contribution < -0.4 is 14.4 Å². The summed E-state index contributed by atoms with van der Waals surface area (Å²) in [6.45, 7) is 2.72. The number of carbonyl (C=O) groups is 2. The molecule has 0 aliphatic rings. The van der Waals surface area contributed by atoms with E-state index in [9.17, 15) is 18.0 Å². The molecule has 8 nitrogen and oxygen atoms in total. The van der Waals surface area contributed by atoms with Crippen LogP contribution in [-0.4, -0.2) is 57.6 Å². The Labute approximate surface area is 265 Å². The quantitative estimate of drug-likeness (QED) is 0.189. The van der Waals surface area contributed by atoms with Gasteiger partial charge in [-0.1, -0.05) is 79.0 Å². The van der Waals surface area contributed by atoms with Crippen molar-refractivity contribution < 1.29 is 22.7 Å². The smallest absolute Gasteiger partial charge is 0.243 e. The first-order chi connectivity index (χ1) is 20.5. The summed E-state index contributed by atoms with van der Waals surface area (Å²) >= 11 is 12.4. The molecule has 0 spiro atoms. The number of hydrogen-bond donors (Lipinski definition) is 1. The van der Waals surface area contributed by atoms with Crippen molar-refractivity contribution in [1.29, 1.82) is 0 Å². The monoisotopic (exact) mass is 647 g/mol. The Hall–Kier alpha value is -3.27. The third-order valence-electron chi connectivity index (χ3n) is 6.92. The summed E-state index contributed by atoms with van der Waals surface area (Å²) in [5.41, 5.74) is 1.96. The van der Waals surface area contributed by atoms with Crippen LogP contribution in [0.1, 0.15) is 43.7 Å². The fourth-order valence-corrected chi connectivity index (χ4v) is 6.09. The number of rotatable bonds is 16. The second-order valence-electron chi connectivity index (χ2n) is 10.3. The van der Waals surface area contributed by atoms with Crippen LogP contribution in [0.25, 0.3) is 0 Å². The molecule has 3 aromatic carbocycles. The van der Waals surface area contributed by atoms with E-state index < -0.39 is 16.1 Å². The highest BCUT2D eigenvalue weighted by Gasteiger charge is 2.30. The maximum atomic E-state index is 14.0. The summed E-state index contributed by atoms with van der Waals surface area (Å²) in [4.78, 5) is 29.1. The number of unbranched alkanes of at least 4 members (excludes halogenated alkanes) is 1. The number of benzene rings is 3. The maximum absolute atomic E-state index is 14.0. The molecule has 3 aromatic rings. The zero-order valence-electron chi connectivity index (χ0n) is 24.8. The highest BCUT2D eigenvalue weighted by molar-refractivity contribution is 7.92. The van der Waals surface area contributed by atoms with Crippen molar-refractivity contribution in [3.63, 3.8) is 0 Å². The lowest BCUT2D eigenvalue weighted by Gasteiger charge is -2.32. The van der Waals surface area contributed by atoms with E-state index in [2.05, 4.69) is 5.32 Å². The van der Waals surface area contributed by atoms with Crippen LogP contribution >= 0.6 is 23.2 Å². The van der Waals surface area contributed by atoms with Gasteiger partial charge >= 0.3 is 0 Å². The number of carbonyl (C=O) groups excluding carboxylic acids is 2. The average molecular weight is 649 g/mol. The number of halogens is 2. The summed E-state index contributed by atoms with van der Waals surface area (Å²) in [6.07, 6.45) is 3.34. The molecule has 0 aromatic heterocycles. The van der Waals surface area contributed by atoms with Crippen LogP contribution in [0.5, 0.6) is 5.75 Å². The van der Waals surface area contributed by atoms with E-state index in [1.807, 2.05) is 61.5 Å². The lowest BCUT2D eigenvalue weighted by molar-refractivity contribution is -0.141. The van der Waals surface area contributed by atoms with Crippen LogP contribution in [0.4, 0.5) is 5.69 Å². The molecule has 0 aliphatic heterocycles. The maximum Gasteiger partial charge on any atom is 0.243 e. The van der Waals surface area contributed by atoms with E-state index in [1.54, 1.807) is 18.1 Å². The molecule has 3 rings (SSSR count). The molecule has 0 fully saturated rings. The van der Waals surface area contributed by atoms with Gasteiger partial charge in [-0.05, 0) is 54.3 Å². The Balaban J connectivity index is 1.91. The van der Waals surface area contributed by atoms with Gasteiger partial charge in [-0.25, -0.2) is 8.42 Å². The van der Waals surface area contributed by atoms with E-state index in [-0.39, 0.29) is 48.5 Å². The summed E-state index contributed by atoms with van der Waals surface area (Å²) < 4.78 is 31.9. The van der Waals surface area contributed by atoms with Gasteiger partial charge in [-0.15, -0.1) is 0 Å². The van der Waals surface area contributed by atoms with Crippen molar-refractivity contribution in [2.75, 3.05) is 30.8 Å². The van der Waals surface area contributed by atoms with Gasteiger partial charge in [0.2, 0.25) is 21.8 Å². The normalized spacial score (nSPS) is 11.9. The number of sulfonamides is 1. The lowest BCUT2D eigenvalue weighted by atomic mass is 10.0. The minimum atomic E-state index is -3.73. The van der Waals surface area contributed by atoms with Gasteiger partial charge in [0.25, 0.3) is 0 Å². The van der Waals surface area contributed by atoms with E-state index >= 15 is 0 Å². The topological polar surface area (TPSA) is 96.0 Å². The van der Waals surface area contributed by atoms with E-state index in [1.165, 1.54) is 12.1 Å². The second kappa shape index (κ2) is 16.5. The van der Waals surface area contributed by atoms with Crippen molar-refractivity contribution in [3.8, 4) is 5.75 Å². The van der Waals surface area contributed by atoms with Crippen molar-refractivity contribution in [3.05, 3.63) is 94.0 Å². The molecule has 232 valence electrons. The predicted octanol–water partition coefficient (Wildman–Crippen LogP) is 6.10. The van der Waals surface area contributed by atoms with Crippen LogP contribution in [0, 0.1) is 0 Å². The van der Waals surface area contributed by atoms with Gasteiger partial charge in [-0.3, -0.25) is 13.9 Å². The number of amides is 2. The summed E-state index contributed by atoms with van der Waals surface area (Å²) in [6, 6.07) is 20.7. The first-order valence-electron chi connectivity index (χ1n) is 14.2. The van der Waals surface area contributed by atoms with Gasteiger partial charge < -0.3 is 15.0 Å². The molecular formula is C32H39Cl2N3O5S. The standard InChI is InChI=1S/C32H39Cl2N3O5S/c1-4-5-18-35-32(39)30(21-24-11-7-6-8-12-24)36(23-25-13-9-14-27(20-25)42-2)31(38)15-10-19-37(43(3,40)41)29-22-26(33)16-17-28(29)34/h6-9,11-14,16-17,20,22,30H,4-5,10,15,18-19,21,23H2,1-3H3,(H,35,39). The highest BCUT2D eigenvalue weighted by Crippen LogP contribution is 2.31. The predicted molar refractivity (Wildman–Crippen MR) is 173 cm³/mol. The largest absolute Gasteiger partial charge is 0.497 e. The summed E-state index contributed by atoms with van der Waals surface area (Å²) in [7, 11) is -2.16. The average Bonchev–Trinajstić information content (AvgIpc) is 2.98. The molecule has 1 unspecified atom stereocenters. The number of methoxy groups -OCH3 is 1. The van der Waals surface area contributed by atoms with Crippen molar-refractivity contribution in [2.45, 2.75) is 51.6 Å². The number of nitrogens with one attached hydrogen (secondary N) is 1. The molecule has 0 aliphatic carbocycles. The first kappa shape index (κ1) is 34.2.